The van der Waals surface area contributed by atoms with Gasteiger partial charge in [-0.2, -0.15) is 5.26 Å². The highest BCUT2D eigenvalue weighted by atomic mass is 35.5. The number of nitrogens with zero attached hydrogens (tertiary/aromatic N) is 2. The largest absolute Gasteiger partial charge is 0.465 e. The van der Waals surface area contributed by atoms with Gasteiger partial charge in [-0.1, -0.05) is 23.2 Å². The zero-order valence-corrected chi connectivity index (χ0v) is 14.9. The van der Waals surface area contributed by atoms with E-state index in [0.29, 0.717) is 0 Å². The summed E-state index contributed by atoms with van der Waals surface area (Å²) in [6.45, 7) is 5.17. The van der Waals surface area contributed by atoms with Crippen molar-refractivity contribution in [1.82, 2.24) is 0 Å². The van der Waals surface area contributed by atoms with Crippen LogP contribution in [0.2, 0.25) is 10.0 Å². The number of aliphatic imine (C=N–C) groups is 1. The van der Waals surface area contributed by atoms with Crippen LogP contribution in [-0.2, 0) is 14.3 Å². The lowest BCUT2D eigenvalue weighted by Gasteiger charge is -2.11. The Bertz CT molecular complexity index is 696. The zero-order chi connectivity index (χ0) is 18.3. The van der Waals surface area contributed by atoms with E-state index in [1.807, 2.05) is 0 Å². The zero-order valence-electron chi connectivity index (χ0n) is 13.4. The third-order valence-electron chi connectivity index (χ3n) is 2.66. The maximum Gasteiger partial charge on any atom is 0.341 e. The second kappa shape index (κ2) is 9.26. The van der Waals surface area contributed by atoms with E-state index < -0.39 is 17.9 Å². The van der Waals surface area contributed by atoms with Crippen molar-refractivity contribution < 1.29 is 19.1 Å². The highest BCUT2D eigenvalue weighted by Crippen LogP contribution is 2.34. The Labute approximate surface area is 150 Å². The molecule has 0 amide bonds. The summed E-state index contributed by atoms with van der Waals surface area (Å²) in [7, 11) is 0. The normalized spacial score (nSPS) is 12.0. The average Bonchev–Trinajstić information content (AvgIpc) is 2.49. The number of carbonyl (C=O) groups excluding carboxylic acids is 2. The number of esters is 2. The van der Waals surface area contributed by atoms with Gasteiger partial charge in [0.25, 0.3) is 0 Å². The molecule has 8 heteroatoms. The smallest absolute Gasteiger partial charge is 0.341 e. The summed E-state index contributed by atoms with van der Waals surface area (Å²) in [5.41, 5.74) is 0.160. The van der Waals surface area contributed by atoms with E-state index in [1.54, 1.807) is 26.8 Å². The molecule has 1 aromatic carbocycles. The van der Waals surface area contributed by atoms with Gasteiger partial charge in [-0.25, -0.2) is 4.79 Å². The molecule has 1 unspecified atom stereocenters. The van der Waals surface area contributed by atoms with Gasteiger partial charge in [0.05, 0.1) is 40.1 Å². The Morgan fingerprint density at radius 1 is 1.38 bits per heavy atom. The van der Waals surface area contributed by atoms with E-state index in [4.69, 9.17) is 37.9 Å². The summed E-state index contributed by atoms with van der Waals surface area (Å²) in [5.74, 6) is -2.57. The monoisotopic (exact) mass is 370 g/mol. The van der Waals surface area contributed by atoms with Gasteiger partial charge in [0.1, 0.15) is 0 Å². The molecule has 0 aromatic heterocycles. The summed E-state index contributed by atoms with van der Waals surface area (Å²) in [4.78, 5) is 27.6. The number of benzene rings is 1. The maximum atomic E-state index is 12.1. The summed E-state index contributed by atoms with van der Waals surface area (Å²) >= 11 is 12.2. The van der Waals surface area contributed by atoms with Crippen LogP contribution < -0.4 is 0 Å². The van der Waals surface area contributed by atoms with Crippen LogP contribution in [0.25, 0.3) is 0 Å². The van der Waals surface area contributed by atoms with Crippen molar-refractivity contribution in [3.05, 3.63) is 27.7 Å². The number of ether oxygens (including phenoxy) is 2. The molecule has 0 aliphatic heterocycles. The van der Waals surface area contributed by atoms with E-state index >= 15 is 0 Å². The first-order valence-electron chi connectivity index (χ1n) is 7.11. The molecule has 1 atom stereocenters. The molecule has 0 heterocycles. The van der Waals surface area contributed by atoms with Gasteiger partial charge >= 0.3 is 11.9 Å². The Kier molecular flexibility index (Phi) is 7.69. The minimum Gasteiger partial charge on any atom is -0.465 e. The van der Waals surface area contributed by atoms with Gasteiger partial charge in [0, 0.05) is 6.21 Å². The van der Waals surface area contributed by atoms with E-state index in [9.17, 15) is 9.59 Å². The van der Waals surface area contributed by atoms with Crippen LogP contribution in [-0.4, -0.2) is 30.9 Å². The van der Waals surface area contributed by atoms with Gasteiger partial charge in [-0.15, -0.1) is 0 Å². The third-order valence-corrected chi connectivity index (χ3v) is 3.36. The van der Waals surface area contributed by atoms with Crippen LogP contribution in [0.4, 0.5) is 5.69 Å². The lowest BCUT2D eigenvalue weighted by Crippen LogP contribution is -2.17. The fourth-order valence-electron chi connectivity index (χ4n) is 1.64. The Balaban J connectivity index is 3.14. The van der Waals surface area contributed by atoms with Crippen LogP contribution in [0, 0.1) is 17.2 Å². The predicted molar refractivity (Wildman–Crippen MR) is 90.9 cm³/mol. The van der Waals surface area contributed by atoms with Crippen LogP contribution >= 0.6 is 23.2 Å². The molecule has 1 rings (SSSR count). The van der Waals surface area contributed by atoms with Crippen molar-refractivity contribution in [1.29, 1.82) is 5.26 Å². The number of hydrogen-bond donors (Lipinski definition) is 0. The summed E-state index contributed by atoms with van der Waals surface area (Å²) in [6, 6.07) is 4.67. The molecule has 1 aromatic rings. The first-order chi connectivity index (χ1) is 11.3. The minimum absolute atomic E-state index is 0.0219. The standard InChI is InChI=1S/C16H16Cl2N2O4/c1-4-23-15(21)10(7-19)8-20-12-6-5-11(17)13(14(12)18)16(22)24-9(2)3/h5-6,8-10H,4H2,1-3H3. The summed E-state index contributed by atoms with van der Waals surface area (Å²) in [6.07, 6.45) is 0.758. The highest BCUT2D eigenvalue weighted by Gasteiger charge is 2.21. The topological polar surface area (TPSA) is 88.8 Å². The van der Waals surface area contributed by atoms with Crippen molar-refractivity contribution in [2.45, 2.75) is 26.9 Å². The quantitative estimate of drug-likeness (QED) is 0.558. The number of rotatable bonds is 6. The Morgan fingerprint density at radius 3 is 2.58 bits per heavy atom. The van der Waals surface area contributed by atoms with Gasteiger partial charge in [0.15, 0.2) is 5.92 Å². The van der Waals surface area contributed by atoms with E-state index in [0.717, 1.165) is 6.21 Å². The second-order valence-electron chi connectivity index (χ2n) is 4.85. The lowest BCUT2D eigenvalue weighted by molar-refractivity contribution is -0.143. The summed E-state index contributed by atoms with van der Waals surface area (Å²) in [5, 5.41) is 9.08. The molecule has 0 fully saturated rings. The third kappa shape index (κ3) is 5.22. The van der Waals surface area contributed by atoms with Crippen LogP contribution in [0.5, 0.6) is 0 Å². The molecule has 0 aliphatic rings. The Morgan fingerprint density at radius 2 is 2.04 bits per heavy atom. The van der Waals surface area contributed by atoms with E-state index in [1.165, 1.54) is 12.1 Å². The second-order valence-corrected chi connectivity index (χ2v) is 5.63. The van der Waals surface area contributed by atoms with E-state index in [-0.39, 0.29) is 34.0 Å². The maximum absolute atomic E-state index is 12.1. The minimum atomic E-state index is -1.18. The van der Waals surface area contributed by atoms with Crippen LogP contribution in [0.1, 0.15) is 31.1 Å². The SMILES string of the molecule is CCOC(=O)C(C#N)C=Nc1ccc(Cl)c(C(=O)OC(C)C)c1Cl. The summed E-state index contributed by atoms with van der Waals surface area (Å²) < 4.78 is 9.84. The molecule has 0 spiro atoms. The fraction of sp³-hybridized carbons (Fsp3) is 0.375. The first-order valence-corrected chi connectivity index (χ1v) is 7.86. The van der Waals surface area contributed by atoms with Crippen molar-refractivity contribution in [2.75, 3.05) is 6.61 Å². The van der Waals surface area contributed by atoms with Gasteiger partial charge in [-0.3, -0.25) is 9.79 Å². The molecule has 24 heavy (non-hydrogen) atoms. The van der Waals surface area contributed by atoms with E-state index in [2.05, 4.69) is 4.99 Å². The molecule has 0 aliphatic carbocycles. The van der Waals surface area contributed by atoms with Crippen molar-refractivity contribution in [3.63, 3.8) is 0 Å². The average molecular weight is 371 g/mol. The van der Waals surface area contributed by atoms with Crippen molar-refractivity contribution >= 4 is 47.0 Å². The molecule has 0 bridgehead atoms. The van der Waals surface area contributed by atoms with Crippen molar-refractivity contribution in [3.8, 4) is 6.07 Å². The van der Waals surface area contributed by atoms with Gasteiger partial charge < -0.3 is 9.47 Å². The Hall–Kier alpha value is -2.10. The van der Waals surface area contributed by atoms with Gasteiger partial charge in [-0.05, 0) is 32.9 Å². The first kappa shape index (κ1) is 19.9. The molecular formula is C16H16Cl2N2O4. The molecular weight excluding hydrogens is 355 g/mol. The molecule has 0 saturated carbocycles. The van der Waals surface area contributed by atoms with Crippen molar-refractivity contribution in [2.24, 2.45) is 10.9 Å². The molecule has 128 valence electrons. The molecule has 0 radical (unpaired) electrons. The number of nitriles is 1. The van der Waals surface area contributed by atoms with Crippen LogP contribution in [0.3, 0.4) is 0 Å². The number of carbonyl (C=O) groups is 2. The highest BCUT2D eigenvalue weighted by molar-refractivity contribution is 6.41. The van der Waals surface area contributed by atoms with Gasteiger partial charge in [0.2, 0.25) is 0 Å². The fourth-order valence-corrected chi connectivity index (χ4v) is 2.21. The predicted octanol–water partition coefficient (Wildman–Crippen LogP) is 3.96. The van der Waals surface area contributed by atoms with Crippen LogP contribution in [0.15, 0.2) is 17.1 Å². The number of hydrogen-bond acceptors (Lipinski definition) is 6. The number of halogens is 2. The molecule has 0 N–H and O–H groups in total. The molecule has 6 nitrogen and oxygen atoms in total. The molecule has 0 saturated heterocycles. The lowest BCUT2D eigenvalue weighted by atomic mass is 10.1.